The van der Waals surface area contributed by atoms with E-state index in [0.717, 1.165) is 66.2 Å². The summed E-state index contributed by atoms with van der Waals surface area (Å²) in [6.45, 7) is 14.6. The van der Waals surface area contributed by atoms with Crippen LogP contribution in [0.5, 0.6) is 0 Å². The van der Waals surface area contributed by atoms with Gasteiger partial charge in [-0.25, -0.2) is 4.98 Å². The van der Waals surface area contributed by atoms with E-state index in [-0.39, 0.29) is 0 Å². The number of rotatable bonds is 6. The molecule has 0 saturated carbocycles. The summed E-state index contributed by atoms with van der Waals surface area (Å²) in [7, 11) is 0. The molecule has 166 valence electrons. The van der Waals surface area contributed by atoms with Crippen molar-refractivity contribution in [2.75, 3.05) is 23.7 Å². The Hall–Kier alpha value is -3.18. The minimum atomic E-state index is 0.594. The first-order valence-corrected chi connectivity index (χ1v) is 11.4. The third kappa shape index (κ3) is 4.68. The molecule has 5 heteroatoms. The van der Waals surface area contributed by atoms with Crippen LogP contribution in [0.3, 0.4) is 0 Å². The first-order valence-electron chi connectivity index (χ1n) is 11.4. The van der Waals surface area contributed by atoms with E-state index in [1.807, 2.05) is 13.1 Å². The molecule has 5 nitrogen and oxygen atoms in total. The molecular weight excluding hydrogens is 394 g/mol. The van der Waals surface area contributed by atoms with Crippen molar-refractivity contribution < 1.29 is 0 Å². The van der Waals surface area contributed by atoms with Gasteiger partial charge < -0.3 is 16.0 Å². The molecule has 0 atom stereocenters. The zero-order valence-corrected chi connectivity index (χ0v) is 19.6. The number of aromatic nitrogens is 2. The van der Waals surface area contributed by atoms with Crippen LogP contribution in [0.1, 0.15) is 47.2 Å². The minimum absolute atomic E-state index is 0.594. The van der Waals surface area contributed by atoms with Gasteiger partial charge in [0.05, 0.1) is 0 Å². The number of hydrogen-bond acceptors (Lipinski definition) is 5. The van der Waals surface area contributed by atoms with Crippen LogP contribution in [0.25, 0.3) is 5.57 Å². The predicted molar refractivity (Wildman–Crippen MR) is 135 cm³/mol. The SMILES string of the molecule is C=C(C)c1c(CC)cccc1Nc1nc(Nc2cc3c(cc2C)CCNCC3)ncc1C. The van der Waals surface area contributed by atoms with Gasteiger partial charge in [0.2, 0.25) is 5.95 Å². The molecular formula is C27H33N5. The van der Waals surface area contributed by atoms with Gasteiger partial charge in [-0.2, -0.15) is 4.98 Å². The molecule has 3 N–H and O–H groups in total. The van der Waals surface area contributed by atoms with Gasteiger partial charge in [-0.1, -0.05) is 31.7 Å². The summed E-state index contributed by atoms with van der Waals surface area (Å²) in [4.78, 5) is 9.36. The van der Waals surface area contributed by atoms with Gasteiger partial charge in [0.1, 0.15) is 5.82 Å². The first-order chi connectivity index (χ1) is 15.5. The van der Waals surface area contributed by atoms with Crippen LogP contribution in [0.4, 0.5) is 23.1 Å². The maximum absolute atomic E-state index is 4.82. The number of anilines is 4. The molecule has 2 heterocycles. The van der Waals surface area contributed by atoms with E-state index in [1.54, 1.807) is 0 Å². The molecule has 0 bridgehead atoms. The van der Waals surface area contributed by atoms with Crippen molar-refractivity contribution in [3.63, 3.8) is 0 Å². The quantitative estimate of drug-likeness (QED) is 0.460. The standard InChI is InChI=1S/C27H33N5/c1-6-20-8-7-9-23(25(20)17(2)3)30-26-19(5)16-29-27(32-26)31-24-15-22-11-13-28-12-10-21(22)14-18(24)4/h7-9,14-16,28H,2,6,10-13H2,1,3-5H3,(H2,29,30,31,32). The summed E-state index contributed by atoms with van der Waals surface area (Å²) >= 11 is 0. The highest BCUT2D eigenvalue weighted by molar-refractivity contribution is 5.79. The van der Waals surface area contributed by atoms with Crippen LogP contribution in [0, 0.1) is 13.8 Å². The van der Waals surface area contributed by atoms with Gasteiger partial charge in [0, 0.05) is 28.7 Å². The van der Waals surface area contributed by atoms with Crippen molar-refractivity contribution in [1.29, 1.82) is 0 Å². The number of benzene rings is 2. The zero-order chi connectivity index (χ0) is 22.7. The Kier molecular flexibility index (Phi) is 6.56. The van der Waals surface area contributed by atoms with Crippen LogP contribution in [0.2, 0.25) is 0 Å². The average molecular weight is 428 g/mol. The summed E-state index contributed by atoms with van der Waals surface area (Å²) in [6.07, 6.45) is 4.95. The summed E-state index contributed by atoms with van der Waals surface area (Å²) in [5, 5.41) is 10.5. The van der Waals surface area contributed by atoms with E-state index in [0.29, 0.717) is 5.95 Å². The largest absolute Gasteiger partial charge is 0.339 e. The van der Waals surface area contributed by atoms with E-state index in [9.17, 15) is 0 Å². The van der Waals surface area contributed by atoms with Crippen molar-refractivity contribution in [1.82, 2.24) is 15.3 Å². The lowest BCUT2D eigenvalue weighted by atomic mass is 9.98. The molecule has 32 heavy (non-hydrogen) atoms. The Bertz CT molecular complexity index is 1150. The Labute approximate surface area is 191 Å². The molecule has 3 aromatic rings. The van der Waals surface area contributed by atoms with Crippen LogP contribution in [0.15, 0.2) is 43.1 Å². The second kappa shape index (κ2) is 9.53. The number of fused-ring (bicyclic) bond motifs is 1. The van der Waals surface area contributed by atoms with Crippen LogP contribution >= 0.6 is 0 Å². The summed E-state index contributed by atoms with van der Waals surface area (Å²) in [5.74, 6) is 1.39. The molecule has 0 aliphatic carbocycles. The fourth-order valence-electron chi connectivity index (χ4n) is 4.36. The molecule has 0 spiro atoms. The zero-order valence-electron chi connectivity index (χ0n) is 19.6. The highest BCUT2D eigenvalue weighted by atomic mass is 15.1. The summed E-state index contributed by atoms with van der Waals surface area (Å²) in [5.41, 5.74) is 10.6. The lowest BCUT2D eigenvalue weighted by Gasteiger charge is -2.17. The second-order valence-corrected chi connectivity index (χ2v) is 8.63. The first kappa shape index (κ1) is 22.0. The van der Waals surface area contributed by atoms with Crippen LogP contribution in [-0.4, -0.2) is 23.1 Å². The van der Waals surface area contributed by atoms with Crippen molar-refractivity contribution in [2.45, 2.75) is 47.0 Å². The third-order valence-electron chi connectivity index (χ3n) is 6.12. The molecule has 2 aromatic carbocycles. The average Bonchev–Trinajstić information content (AvgIpc) is 3.00. The Balaban J connectivity index is 1.64. The fraction of sp³-hybridized carbons (Fsp3) is 0.333. The second-order valence-electron chi connectivity index (χ2n) is 8.63. The smallest absolute Gasteiger partial charge is 0.229 e. The number of hydrogen-bond donors (Lipinski definition) is 3. The number of allylic oxidation sites excluding steroid dienone is 1. The molecule has 4 rings (SSSR count). The Morgan fingerprint density at radius 2 is 1.78 bits per heavy atom. The molecule has 1 aromatic heterocycles. The molecule has 1 aliphatic rings. The van der Waals surface area contributed by atoms with Crippen LogP contribution < -0.4 is 16.0 Å². The number of nitrogens with one attached hydrogen (secondary N) is 3. The summed E-state index contributed by atoms with van der Waals surface area (Å²) in [6, 6.07) is 10.9. The molecule has 0 unspecified atom stereocenters. The maximum atomic E-state index is 4.82. The van der Waals surface area contributed by atoms with Gasteiger partial charge in [-0.15, -0.1) is 0 Å². The number of nitrogens with zero attached hydrogens (tertiary/aromatic N) is 2. The van der Waals surface area contributed by atoms with Gasteiger partial charge in [-0.05, 0) is 93.1 Å². The Morgan fingerprint density at radius 1 is 1.03 bits per heavy atom. The van der Waals surface area contributed by atoms with Crippen molar-refractivity contribution in [2.24, 2.45) is 0 Å². The predicted octanol–water partition coefficient (Wildman–Crippen LogP) is 5.86. The minimum Gasteiger partial charge on any atom is -0.339 e. The molecule has 0 fully saturated rings. The number of aryl methyl sites for hydroxylation is 3. The van der Waals surface area contributed by atoms with Crippen molar-refractivity contribution >= 4 is 28.7 Å². The maximum Gasteiger partial charge on any atom is 0.229 e. The van der Waals surface area contributed by atoms with E-state index in [4.69, 9.17) is 4.98 Å². The van der Waals surface area contributed by atoms with Gasteiger partial charge in [-0.3, -0.25) is 0 Å². The molecule has 1 aliphatic heterocycles. The fourth-order valence-corrected chi connectivity index (χ4v) is 4.36. The van der Waals surface area contributed by atoms with E-state index >= 15 is 0 Å². The summed E-state index contributed by atoms with van der Waals surface area (Å²) < 4.78 is 0. The van der Waals surface area contributed by atoms with Crippen molar-refractivity contribution in [3.05, 3.63) is 76.5 Å². The van der Waals surface area contributed by atoms with Gasteiger partial charge in [0.15, 0.2) is 0 Å². The molecule has 0 radical (unpaired) electrons. The molecule has 0 amide bonds. The molecule has 0 saturated heterocycles. The van der Waals surface area contributed by atoms with Gasteiger partial charge >= 0.3 is 0 Å². The lowest BCUT2D eigenvalue weighted by molar-refractivity contribution is 0.711. The van der Waals surface area contributed by atoms with Gasteiger partial charge in [0.25, 0.3) is 0 Å². The van der Waals surface area contributed by atoms with Crippen LogP contribution in [-0.2, 0) is 19.3 Å². The highest BCUT2D eigenvalue weighted by Crippen LogP contribution is 2.31. The third-order valence-corrected chi connectivity index (χ3v) is 6.12. The van der Waals surface area contributed by atoms with E-state index in [1.165, 1.54) is 22.3 Å². The normalized spacial score (nSPS) is 13.2. The topological polar surface area (TPSA) is 61.9 Å². The van der Waals surface area contributed by atoms with Crippen molar-refractivity contribution in [3.8, 4) is 0 Å². The lowest BCUT2D eigenvalue weighted by Crippen LogP contribution is -2.16. The van der Waals surface area contributed by atoms with E-state index < -0.39 is 0 Å². The monoisotopic (exact) mass is 427 g/mol. The van der Waals surface area contributed by atoms with E-state index in [2.05, 4.69) is 78.6 Å². The Morgan fingerprint density at radius 3 is 2.50 bits per heavy atom. The highest BCUT2D eigenvalue weighted by Gasteiger charge is 2.14.